The molecular formula is C24H36BNO5. The number of rotatable bonds is 4. The van der Waals surface area contributed by atoms with E-state index in [1.807, 2.05) is 0 Å². The van der Waals surface area contributed by atoms with E-state index in [1.165, 1.54) is 6.42 Å². The van der Waals surface area contributed by atoms with E-state index in [0.29, 0.717) is 11.3 Å². The van der Waals surface area contributed by atoms with Crippen LogP contribution in [0.25, 0.3) is 11.0 Å². The third-order valence-electron chi connectivity index (χ3n) is 8.34. The maximum absolute atomic E-state index is 10.5. The van der Waals surface area contributed by atoms with Crippen LogP contribution in [0.1, 0.15) is 84.1 Å². The van der Waals surface area contributed by atoms with Crippen LogP contribution in [0.4, 0.5) is 0 Å². The zero-order valence-corrected chi connectivity index (χ0v) is 19.4. The normalized spacial score (nSPS) is 27.7. The van der Waals surface area contributed by atoms with Crippen LogP contribution in [0.3, 0.4) is 0 Å². The highest BCUT2D eigenvalue weighted by Gasteiger charge is 2.52. The van der Waals surface area contributed by atoms with Crippen LogP contribution in [0.15, 0.2) is 10.5 Å². The molecule has 3 atom stereocenters. The number of fused-ring (bicyclic) bond motifs is 5. The SMILES string of the molecule is CCN(CC)C1CCC2C(C)(C)CCCC2(C)c2c1oc1c(B(O)O)c(O)c(O)cc21. The van der Waals surface area contributed by atoms with Gasteiger partial charge in [0.25, 0.3) is 0 Å². The van der Waals surface area contributed by atoms with Gasteiger partial charge in [-0.25, -0.2) is 0 Å². The van der Waals surface area contributed by atoms with Gasteiger partial charge in [-0.05, 0) is 61.6 Å². The Bertz CT molecular complexity index is 980. The first-order chi connectivity index (χ1) is 14.6. The first-order valence-electron chi connectivity index (χ1n) is 11.7. The first kappa shape index (κ1) is 22.5. The number of furan rings is 1. The summed E-state index contributed by atoms with van der Waals surface area (Å²) in [6.07, 6.45) is 5.37. The summed E-state index contributed by atoms with van der Waals surface area (Å²) >= 11 is 0. The molecule has 2 aromatic rings. The molecule has 1 aromatic heterocycles. The third kappa shape index (κ3) is 3.28. The summed E-state index contributed by atoms with van der Waals surface area (Å²) in [4.78, 5) is 2.39. The fraction of sp³-hybridized carbons (Fsp3) is 0.667. The molecule has 1 heterocycles. The summed E-state index contributed by atoms with van der Waals surface area (Å²) in [7, 11) is -1.94. The van der Waals surface area contributed by atoms with Crippen molar-refractivity contribution in [3.63, 3.8) is 0 Å². The Balaban J connectivity index is 2.09. The van der Waals surface area contributed by atoms with Gasteiger partial charge in [0.05, 0.1) is 11.5 Å². The van der Waals surface area contributed by atoms with E-state index >= 15 is 0 Å². The monoisotopic (exact) mass is 429 g/mol. The molecule has 4 N–H and O–H groups in total. The highest BCUT2D eigenvalue weighted by atomic mass is 16.4. The predicted molar refractivity (Wildman–Crippen MR) is 123 cm³/mol. The van der Waals surface area contributed by atoms with Crippen LogP contribution in [-0.2, 0) is 5.41 Å². The minimum atomic E-state index is -1.94. The van der Waals surface area contributed by atoms with Crippen molar-refractivity contribution >= 4 is 23.6 Å². The maximum atomic E-state index is 10.5. The molecule has 0 radical (unpaired) electrons. The minimum absolute atomic E-state index is 0.0728. The molecular weight excluding hydrogens is 393 g/mol. The fourth-order valence-corrected chi connectivity index (χ4v) is 6.91. The van der Waals surface area contributed by atoms with Gasteiger partial charge in [-0.2, -0.15) is 0 Å². The van der Waals surface area contributed by atoms with E-state index in [2.05, 4.69) is 39.5 Å². The Morgan fingerprint density at radius 1 is 1.10 bits per heavy atom. The number of hydrogen-bond donors (Lipinski definition) is 4. The van der Waals surface area contributed by atoms with Gasteiger partial charge in [0.1, 0.15) is 11.3 Å². The van der Waals surface area contributed by atoms with Crippen molar-refractivity contribution in [2.24, 2.45) is 11.3 Å². The van der Waals surface area contributed by atoms with E-state index in [-0.39, 0.29) is 33.7 Å². The molecule has 170 valence electrons. The van der Waals surface area contributed by atoms with E-state index in [1.54, 1.807) is 6.07 Å². The summed E-state index contributed by atoms with van der Waals surface area (Å²) in [5.41, 5.74) is 1.21. The molecule has 1 aromatic carbocycles. The van der Waals surface area contributed by atoms with Gasteiger partial charge >= 0.3 is 7.12 Å². The number of aromatic hydroxyl groups is 2. The van der Waals surface area contributed by atoms with Gasteiger partial charge in [-0.3, -0.25) is 4.90 Å². The molecule has 1 saturated carbocycles. The molecule has 0 spiro atoms. The number of nitrogens with zero attached hydrogens (tertiary/aromatic N) is 1. The van der Waals surface area contributed by atoms with Gasteiger partial charge in [0.15, 0.2) is 11.5 Å². The van der Waals surface area contributed by atoms with Crippen LogP contribution in [0.2, 0.25) is 0 Å². The second kappa shape index (κ2) is 7.71. The predicted octanol–water partition coefficient (Wildman–Crippen LogP) is 3.78. The third-order valence-corrected chi connectivity index (χ3v) is 8.34. The topological polar surface area (TPSA) is 97.3 Å². The van der Waals surface area contributed by atoms with Crippen molar-refractivity contribution in [1.82, 2.24) is 4.90 Å². The smallest absolute Gasteiger partial charge is 0.496 e. The van der Waals surface area contributed by atoms with Crippen molar-refractivity contribution < 1.29 is 24.7 Å². The van der Waals surface area contributed by atoms with E-state index in [0.717, 1.165) is 50.1 Å². The molecule has 4 rings (SSSR count). The van der Waals surface area contributed by atoms with E-state index in [9.17, 15) is 20.3 Å². The standard InChI is InChI=1S/C24H36BNO5/c1-6-26(7-2)15-9-10-17-23(3,4)11-8-12-24(17,5)18-14-13-16(27)20(28)19(25(29)30)21(14)31-22(15)18/h13,15,17,27-30H,6-12H2,1-5H3. The maximum Gasteiger partial charge on any atom is 0.496 e. The van der Waals surface area contributed by atoms with Crippen molar-refractivity contribution in [3.05, 3.63) is 17.4 Å². The van der Waals surface area contributed by atoms with Crippen molar-refractivity contribution in [1.29, 1.82) is 0 Å². The summed E-state index contributed by atoms with van der Waals surface area (Å²) < 4.78 is 6.45. The lowest BCUT2D eigenvalue weighted by Crippen LogP contribution is -2.44. The van der Waals surface area contributed by atoms with Crippen LogP contribution >= 0.6 is 0 Å². The molecule has 3 unspecified atom stereocenters. The Labute approximate surface area is 185 Å². The zero-order chi connectivity index (χ0) is 22.7. The molecule has 0 saturated heterocycles. The molecule has 31 heavy (non-hydrogen) atoms. The Kier molecular flexibility index (Phi) is 5.60. The van der Waals surface area contributed by atoms with Gasteiger partial charge in [-0.15, -0.1) is 0 Å². The summed E-state index contributed by atoms with van der Waals surface area (Å²) in [6, 6.07) is 1.62. The summed E-state index contributed by atoms with van der Waals surface area (Å²) in [5.74, 6) is 0.412. The van der Waals surface area contributed by atoms with Gasteiger partial charge < -0.3 is 24.7 Å². The quantitative estimate of drug-likeness (QED) is 0.436. The average molecular weight is 429 g/mol. The lowest BCUT2D eigenvalue weighted by atomic mass is 9.53. The molecule has 0 amide bonds. The zero-order valence-electron chi connectivity index (χ0n) is 19.4. The molecule has 2 aliphatic carbocycles. The van der Waals surface area contributed by atoms with Gasteiger partial charge in [0.2, 0.25) is 0 Å². The lowest BCUT2D eigenvalue weighted by molar-refractivity contribution is 0.0474. The van der Waals surface area contributed by atoms with Crippen LogP contribution in [0.5, 0.6) is 11.5 Å². The number of phenolic OH excluding ortho intramolecular Hbond substituents is 2. The van der Waals surface area contributed by atoms with Gasteiger partial charge in [-0.1, -0.05) is 41.0 Å². The van der Waals surface area contributed by atoms with Gasteiger partial charge in [0, 0.05) is 10.9 Å². The Morgan fingerprint density at radius 2 is 1.77 bits per heavy atom. The summed E-state index contributed by atoms with van der Waals surface area (Å²) in [5, 5.41) is 41.6. The van der Waals surface area contributed by atoms with Crippen molar-refractivity contribution in [2.45, 2.75) is 78.2 Å². The van der Waals surface area contributed by atoms with Crippen molar-refractivity contribution in [2.75, 3.05) is 13.1 Å². The number of hydrogen-bond acceptors (Lipinski definition) is 6. The Hall–Kier alpha value is -1.70. The van der Waals surface area contributed by atoms with Crippen LogP contribution < -0.4 is 5.46 Å². The highest BCUT2D eigenvalue weighted by Crippen LogP contribution is 2.60. The highest BCUT2D eigenvalue weighted by molar-refractivity contribution is 6.63. The molecule has 2 aliphatic rings. The second-order valence-corrected chi connectivity index (χ2v) is 10.4. The average Bonchev–Trinajstić information content (AvgIpc) is 2.99. The molecule has 1 fully saturated rings. The molecule has 7 heteroatoms. The molecule has 6 nitrogen and oxygen atoms in total. The minimum Gasteiger partial charge on any atom is -0.504 e. The largest absolute Gasteiger partial charge is 0.504 e. The Morgan fingerprint density at radius 3 is 2.39 bits per heavy atom. The van der Waals surface area contributed by atoms with Crippen molar-refractivity contribution in [3.8, 4) is 11.5 Å². The fourth-order valence-electron chi connectivity index (χ4n) is 6.91. The molecule has 0 bridgehead atoms. The lowest BCUT2D eigenvalue weighted by Gasteiger charge is -2.50. The van der Waals surface area contributed by atoms with Crippen LogP contribution in [-0.4, -0.2) is 45.4 Å². The number of benzene rings is 1. The molecule has 0 aliphatic heterocycles. The second-order valence-electron chi connectivity index (χ2n) is 10.4. The first-order valence-corrected chi connectivity index (χ1v) is 11.7. The summed E-state index contributed by atoms with van der Waals surface area (Å²) in [6.45, 7) is 13.1. The number of phenols is 2. The van der Waals surface area contributed by atoms with E-state index < -0.39 is 12.9 Å². The van der Waals surface area contributed by atoms with E-state index in [4.69, 9.17) is 4.42 Å². The van der Waals surface area contributed by atoms with Crippen LogP contribution in [0, 0.1) is 11.3 Å².